The largest absolute Gasteiger partial charge is 0.487 e. The van der Waals surface area contributed by atoms with Gasteiger partial charge in [0.2, 0.25) is 0 Å². The van der Waals surface area contributed by atoms with Crippen LogP contribution in [0.25, 0.3) is 0 Å². The number of nitrogens with zero attached hydrogens (tertiary/aromatic N) is 3. The van der Waals surface area contributed by atoms with Gasteiger partial charge in [-0.2, -0.15) is 0 Å². The molecule has 5 heteroatoms. The first-order valence-electron chi connectivity index (χ1n) is 9.46. The second-order valence-corrected chi connectivity index (χ2v) is 7.49. The van der Waals surface area contributed by atoms with Crippen molar-refractivity contribution in [3.05, 3.63) is 59.9 Å². The third kappa shape index (κ3) is 3.90. The highest BCUT2D eigenvalue weighted by Gasteiger charge is 2.38. The summed E-state index contributed by atoms with van der Waals surface area (Å²) in [5.41, 5.74) is 2.14. The summed E-state index contributed by atoms with van der Waals surface area (Å²) in [6, 6.07) is 15.1. The van der Waals surface area contributed by atoms with Crippen LogP contribution in [0.1, 0.15) is 24.6 Å². The molecule has 26 heavy (non-hydrogen) atoms. The van der Waals surface area contributed by atoms with E-state index >= 15 is 0 Å². The number of aromatic nitrogens is 1. The van der Waals surface area contributed by atoms with Crippen molar-refractivity contribution in [2.75, 3.05) is 19.6 Å². The average molecular weight is 353 g/mol. The summed E-state index contributed by atoms with van der Waals surface area (Å²) in [5, 5.41) is 9.96. The normalized spacial score (nSPS) is 26.6. The minimum atomic E-state index is -0.166. The molecule has 1 aromatic carbocycles. The maximum atomic E-state index is 9.96. The quantitative estimate of drug-likeness (QED) is 0.894. The molecule has 3 atom stereocenters. The molecule has 2 aromatic rings. The molecule has 1 aromatic heterocycles. The first kappa shape index (κ1) is 17.5. The molecule has 0 amide bonds. The van der Waals surface area contributed by atoms with Gasteiger partial charge in [0.15, 0.2) is 0 Å². The Morgan fingerprint density at radius 3 is 2.81 bits per heavy atom. The Bertz CT molecular complexity index is 724. The molecule has 2 fully saturated rings. The van der Waals surface area contributed by atoms with Crippen LogP contribution >= 0.6 is 0 Å². The van der Waals surface area contributed by atoms with E-state index in [0.717, 1.165) is 44.0 Å². The third-order valence-electron chi connectivity index (χ3n) is 5.52. The summed E-state index contributed by atoms with van der Waals surface area (Å²) in [6.45, 7) is 6.49. The number of hydrogen-bond donors (Lipinski definition) is 1. The Kier molecular flexibility index (Phi) is 5.20. The van der Waals surface area contributed by atoms with Crippen LogP contribution in [-0.4, -0.2) is 57.7 Å². The summed E-state index contributed by atoms with van der Waals surface area (Å²) in [5.74, 6) is 0.930. The van der Waals surface area contributed by atoms with Crippen molar-refractivity contribution < 1.29 is 9.84 Å². The molecule has 4 rings (SSSR count). The Morgan fingerprint density at radius 2 is 1.96 bits per heavy atom. The summed E-state index contributed by atoms with van der Waals surface area (Å²) < 4.78 is 6.06. The van der Waals surface area contributed by atoms with Crippen LogP contribution in [-0.2, 0) is 13.2 Å². The summed E-state index contributed by atoms with van der Waals surface area (Å²) in [6.07, 6.45) is 2.52. The third-order valence-corrected chi connectivity index (χ3v) is 5.52. The lowest BCUT2D eigenvalue weighted by Gasteiger charge is -2.42. The van der Waals surface area contributed by atoms with Crippen molar-refractivity contribution >= 4 is 0 Å². The summed E-state index contributed by atoms with van der Waals surface area (Å²) in [4.78, 5) is 9.29. The van der Waals surface area contributed by atoms with Gasteiger partial charge in [0.25, 0.3) is 0 Å². The van der Waals surface area contributed by atoms with Gasteiger partial charge in [-0.3, -0.25) is 14.8 Å². The number of aliphatic hydroxyl groups is 1. The number of rotatable bonds is 5. The fourth-order valence-electron chi connectivity index (χ4n) is 4.13. The maximum Gasteiger partial charge on any atom is 0.130 e. The second kappa shape index (κ2) is 7.74. The van der Waals surface area contributed by atoms with E-state index in [-0.39, 0.29) is 6.10 Å². The molecule has 0 saturated carbocycles. The number of pyridine rings is 1. The van der Waals surface area contributed by atoms with Gasteiger partial charge in [0.1, 0.15) is 12.4 Å². The van der Waals surface area contributed by atoms with Gasteiger partial charge in [0, 0.05) is 50.0 Å². The van der Waals surface area contributed by atoms with Gasteiger partial charge in [-0.1, -0.05) is 24.3 Å². The van der Waals surface area contributed by atoms with Gasteiger partial charge in [0.05, 0.1) is 11.8 Å². The zero-order valence-corrected chi connectivity index (χ0v) is 15.3. The second-order valence-electron chi connectivity index (χ2n) is 7.49. The zero-order chi connectivity index (χ0) is 17.9. The Labute approximate surface area is 155 Å². The topological polar surface area (TPSA) is 48.8 Å². The molecule has 5 nitrogen and oxygen atoms in total. The molecule has 2 aliphatic heterocycles. The van der Waals surface area contributed by atoms with Crippen LogP contribution in [0.5, 0.6) is 5.75 Å². The maximum absolute atomic E-state index is 9.96. The number of benzene rings is 1. The van der Waals surface area contributed by atoms with Crippen molar-refractivity contribution in [1.29, 1.82) is 0 Å². The first-order valence-corrected chi connectivity index (χ1v) is 9.46. The molecule has 0 aliphatic carbocycles. The van der Waals surface area contributed by atoms with Crippen LogP contribution in [0.4, 0.5) is 0 Å². The van der Waals surface area contributed by atoms with Gasteiger partial charge in [-0.15, -0.1) is 0 Å². The zero-order valence-electron chi connectivity index (χ0n) is 15.3. The van der Waals surface area contributed by atoms with Crippen molar-refractivity contribution in [2.24, 2.45) is 0 Å². The van der Waals surface area contributed by atoms with Gasteiger partial charge >= 0.3 is 0 Å². The van der Waals surface area contributed by atoms with E-state index in [1.807, 2.05) is 30.3 Å². The van der Waals surface area contributed by atoms with E-state index in [2.05, 4.69) is 33.8 Å². The van der Waals surface area contributed by atoms with Crippen molar-refractivity contribution in [3.8, 4) is 5.75 Å². The number of hydrogen-bond acceptors (Lipinski definition) is 5. The Balaban J connectivity index is 1.43. The van der Waals surface area contributed by atoms with Crippen LogP contribution < -0.4 is 4.74 Å². The fraction of sp³-hybridized carbons (Fsp3) is 0.476. The molecule has 1 N–H and O–H groups in total. The van der Waals surface area contributed by atoms with Crippen molar-refractivity contribution in [2.45, 2.75) is 44.7 Å². The molecule has 0 spiro atoms. The SMILES string of the molecule is C[C@H]1CN2C[C@H](O)CC2CN1Cc1ccccc1OCc1ccccn1. The highest BCUT2D eigenvalue weighted by atomic mass is 16.5. The van der Waals surface area contributed by atoms with E-state index in [1.165, 1.54) is 5.56 Å². The lowest BCUT2D eigenvalue weighted by atomic mass is 10.1. The molecule has 1 unspecified atom stereocenters. The lowest BCUT2D eigenvalue weighted by Crippen LogP contribution is -2.54. The highest BCUT2D eigenvalue weighted by molar-refractivity contribution is 5.33. The molecule has 2 saturated heterocycles. The molecular weight excluding hydrogens is 326 g/mol. The van der Waals surface area contributed by atoms with E-state index in [1.54, 1.807) is 6.20 Å². The molecule has 3 heterocycles. The molecular formula is C21H27N3O2. The van der Waals surface area contributed by atoms with Crippen LogP contribution in [0.2, 0.25) is 0 Å². The number of piperazine rings is 1. The predicted molar refractivity (Wildman–Crippen MR) is 101 cm³/mol. The van der Waals surface area contributed by atoms with E-state index in [0.29, 0.717) is 18.7 Å². The molecule has 138 valence electrons. The van der Waals surface area contributed by atoms with Gasteiger partial charge in [-0.05, 0) is 31.5 Å². The van der Waals surface area contributed by atoms with Crippen LogP contribution in [0.3, 0.4) is 0 Å². The monoisotopic (exact) mass is 353 g/mol. The number of para-hydroxylation sites is 1. The lowest BCUT2D eigenvalue weighted by molar-refractivity contribution is 0.0521. The van der Waals surface area contributed by atoms with Crippen LogP contribution in [0, 0.1) is 0 Å². The first-order chi connectivity index (χ1) is 12.7. The number of ether oxygens (including phenoxy) is 1. The summed E-state index contributed by atoms with van der Waals surface area (Å²) >= 11 is 0. The predicted octanol–water partition coefficient (Wildman–Crippen LogP) is 2.30. The van der Waals surface area contributed by atoms with Crippen molar-refractivity contribution in [3.63, 3.8) is 0 Å². The van der Waals surface area contributed by atoms with Gasteiger partial charge < -0.3 is 9.84 Å². The standard InChI is InChI=1S/C21H27N3O2/c1-16-11-24-14-20(25)10-19(24)13-23(16)12-17-6-2-3-8-21(17)26-15-18-7-4-5-9-22-18/h2-9,16,19-20,25H,10-15H2,1H3/t16-,19?,20+/m0/s1. The van der Waals surface area contributed by atoms with E-state index in [4.69, 9.17) is 4.74 Å². The fourth-order valence-corrected chi connectivity index (χ4v) is 4.13. The summed E-state index contributed by atoms with van der Waals surface area (Å²) in [7, 11) is 0. The highest BCUT2D eigenvalue weighted by Crippen LogP contribution is 2.28. The van der Waals surface area contributed by atoms with E-state index < -0.39 is 0 Å². The molecule has 0 bridgehead atoms. The smallest absolute Gasteiger partial charge is 0.130 e. The minimum Gasteiger partial charge on any atom is -0.487 e. The van der Waals surface area contributed by atoms with Crippen LogP contribution in [0.15, 0.2) is 48.7 Å². The van der Waals surface area contributed by atoms with Crippen molar-refractivity contribution in [1.82, 2.24) is 14.8 Å². The number of fused-ring (bicyclic) bond motifs is 1. The van der Waals surface area contributed by atoms with E-state index in [9.17, 15) is 5.11 Å². The Hall–Kier alpha value is -1.95. The minimum absolute atomic E-state index is 0.166. The number of aliphatic hydroxyl groups excluding tert-OH is 1. The molecule has 0 radical (unpaired) electrons. The average Bonchev–Trinajstić information content (AvgIpc) is 3.01. The molecule has 2 aliphatic rings. The Morgan fingerprint density at radius 1 is 1.12 bits per heavy atom. The van der Waals surface area contributed by atoms with Gasteiger partial charge in [-0.25, -0.2) is 0 Å².